The van der Waals surface area contributed by atoms with Gasteiger partial charge in [-0.25, -0.2) is 0 Å². The molecular formula is C20H13BrN4O2. The minimum atomic E-state index is -0.294. The van der Waals surface area contributed by atoms with Gasteiger partial charge < -0.3 is 14.1 Å². The maximum absolute atomic E-state index is 13.0. The van der Waals surface area contributed by atoms with E-state index in [2.05, 4.69) is 31.1 Å². The standard InChI is InChI=1S/C20H13BrN4O2/c1-25-10-15(13-8-11(21)6-7-17(13)25)18(26)20-23-19(24-27-20)14-9-22-16-5-3-2-4-12(14)16/h2-10,22H,1H3. The molecule has 0 aliphatic heterocycles. The van der Waals surface area contributed by atoms with E-state index in [1.54, 1.807) is 6.20 Å². The number of halogens is 1. The molecule has 5 aromatic rings. The predicted molar refractivity (Wildman–Crippen MR) is 106 cm³/mol. The molecule has 0 saturated heterocycles. The number of fused-ring (bicyclic) bond motifs is 2. The van der Waals surface area contributed by atoms with E-state index in [-0.39, 0.29) is 11.7 Å². The highest BCUT2D eigenvalue weighted by Gasteiger charge is 2.23. The van der Waals surface area contributed by atoms with E-state index in [0.29, 0.717) is 11.4 Å². The lowest BCUT2D eigenvalue weighted by Gasteiger charge is -1.96. The van der Waals surface area contributed by atoms with Gasteiger partial charge in [0, 0.05) is 51.3 Å². The molecule has 132 valence electrons. The van der Waals surface area contributed by atoms with Crippen LogP contribution in [0.3, 0.4) is 0 Å². The topological polar surface area (TPSA) is 76.7 Å². The highest BCUT2D eigenvalue weighted by Crippen LogP contribution is 2.29. The SMILES string of the molecule is Cn1cc(C(=O)c2nc(-c3c[nH]c4ccccc34)no2)c2cc(Br)ccc21. The summed E-state index contributed by atoms with van der Waals surface area (Å²) in [6.45, 7) is 0. The number of aryl methyl sites for hydroxylation is 1. The number of carbonyl (C=O) groups excluding carboxylic acids is 1. The van der Waals surface area contributed by atoms with Crippen LogP contribution >= 0.6 is 15.9 Å². The van der Waals surface area contributed by atoms with E-state index in [4.69, 9.17) is 4.52 Å². The third-order valence-electron chi connectivity index (χ3n) is 4.65. The molecular weight excluding hydrogens is 408 g/mol. The fourth-order valence-electron chi connectivity index (χ4n) is 3.34. The minimum absolute atomic E-state index is 0.0252. The van der Waals surface area contributed by atoms with Crippen molar-refractivity contribution in [1.29, 1.82) is 0 Å². The Hall–Kier alpha value is -3.19. The first kappa shape index (κ1) is 16.0. The number of aromatic amines is 1. The molecule has 0 aliphatic rings. The van der Waals surface area contributed by atoms with E-state index in [1.165, 1.54) is 0 Å². The van der Waals surface area contributed by atoms with Crippen molar-refractivity contribution >= 4 is 43.5 Å². The van der Waals surface area contributed by atoms with Crippen LogP contribution in [0.4, 0.5) is 0 Å². The third-order valence-corrected chi connectivity index (χ3v) is 5.14. The number of benzene rings is 2. The summed E-state index contributed by atoms with van der Waals surface area (Å²) >= 11 is 3.46. The summed E-state index contributed by atoms with van der Waals surface area (Å²) in [5.41, 5.74) is 3.26. The minimum Gasteiger partial charge on any atom is -0.360 e. The molecule has 0 unspecified atom stereocenters. The van der Waals surface area contributed by atoms with Crippen LogP contribution in [0.2, 0.25) is 0 Å². The lowest BCUT2D eigenvalue weighted by atomic mass is 10.1. The average molecular weight is 421 g/mol. The Morgan fingerprint density at radius 2 is 2.04 bits per heavy atom. The number of ketones is 1. The molecule has 0 amide bonds. The van der Waals surface area contributed by atoms with Crippen molar-refractivity contribution in [3.63, 3.8) is 0 Å². The second kappa shape index (κ2) is 5.92. The Labute approximate surface area is 161 Å². The van der Waals surface area contributed by atoms with Gasteiger partial charge in [0.1, 0.15) is 0 Å². The Morgan fingerprint density at radius 1 is 1.19 bits per heavy atom. The maximum atomic E-state index is 13.0. The van der Waals surface area contributed by atoms with Gasteiger partial charge >= 0.3 is 0 Å². The van der Waals surface area contributed by atoms with E-state index >= 15 is 0 Å². The zero-order chi connectivity index (χ0) is 18.5. The number of aromatic nitrogens is 4. The number of nitrogens with one attached hydrogen (secondary N) is 1. The zero-order valence-corrected chi connectivity index (χ0v) is 15.8. The van der Waals surface area contributed by atoms with Gasteiger partial charge in [0.05, 0.1) is 5.56 Å². The van der Waals surface area contributed by atoms with Crippen LogP contribution in [0.1, 0.15) is 16.2 Å². The molecule has 0 spiro atoms. The predicted octanol–water partition coefficient (Wildman–Crippen LogP) is 4.70. The van der Waals surface area contributed by atoms with Crippen LogP contribution in [-0.4, -0.2) is 25.5 Å². The van der Waals surface area contributed by atoms with Gasteiger partial charge in [-0.2, -0.15) is 4.98 Å². The summed E-state index contributed by atoms with van der Waals surface area (Å²) < 4.78 is 8.11. The van der Waals surface area contributed by atoms with E-state index in [0.717, 1.165) is 31.8 Å². The van der Waals surface area contributed by atoms with Crippen molar-refractivity contribution in [3.05, 3.63) is 70.8 Å². The average Bonchev–Trinajstić information content (AvgIpc) is 3.38. The van der Waals surface area contributed by atoms with Crippen LogP contribution in [-0.2, 0) is 7.05 Å². The number of rotatable bonds is 3. The van der Waals surface area contributed by atoms with Crippen molar-refractivity contribution in [2.24, 2.45) is 7.05 Å². The van der Waals surface area contributed by atoms with Gasteiger partial charge in [-0.15, -0.1) is 0 Å². The van der Waals surface area contributed by atoms with Gasteiger partial charge in [0.15, 0.2) is 0 Å². The quantitative estimate of drug-likeness (QED) is 0.429. The molecule has 2 aromatic carbocycles. The molecule has 0 fully saturated rings. The summed E-state index contributed by atoms with van der Waals surface area (Å²) in [7, 11) is 1.90. The molecule has 1 N–H and O–H groups in total. The van der Waals surface area contributed by atoms with E-state index in [1.807, 2.05) is 60.3 Å². The number of hydrogen-bond donors (Lipinski definition) is 1. The Balaban J connectivity index is 1.59. The summed E-state index contributed by atoms with van der Waals surface area (Å²) in [5.74, 6) is 0.0669. The Kier molecular flexibility index (Phi) is 3.51. The second-order valence-corrected chi connectivity index (χ2v) is 7.23. The van der Waals surface area contributed by atoms with Crippen LogP contribution in [0, 0.1) is 0 Å². The highest BCUT2D eigenvalue weighted by atomic mass is 79.9. The van der Waals surface area contributed by atoms with Gasteiger partial charge in [0.25, 0.3) is 11.7 Å². The molecule has 27 heavy (non-hydrogen) atoms. The molecule has 7 heteroatoms. The molecule has 0 atom stereocenters. The monoisotopic (exact) mass is 420 g/mol. The number of hydrogen-bond acceptors (Lipinski definition) is 4. The molecule has 3 heterocycles. The summed E-state index contributed by atoms with van der Waals surface area (Å²) in [6.07, 6.45) is 3.60. The summed E-state index contributed by atoms with van der Waals surface area (Å²) in [5, 5.41) is 5.83. The lowest BCUT2D eigenvalue weighted by molar-refractivity contribution is 0.0995. The largest absolute Gasteiger partial charge is 0.360 e. The van der Waals surface area contributed by atoms with Crippen molar-refractivity contribution in [2.75, 3.05) is 0 Å². The van der Waals surface area contributed by atoms with Crippen LogP contribution in [0.15, 0.2) is 63.9 Å². The maximum Gasteiger partial charge on any atom is 0.299 e. The number of para-hydroxylation sites is 1. The molecule has 6 nitrogen and oxygen atoms in total. The molecule has 0 saturated carbocycles. The number of H-pyrrole nitrogens is 1. The fraction of sp³-hybridized carbons (Fsp3) is 0.0500. The number of carbonyl (C=O) groups is 1. The normalized spacial score (nSPS) is 11.5. The highest BCUT2D eigenvalue weighted by molar-refractivity contribution is 9.10. The van der Waals surface area contributed by atoms with Gasteiger partial charge in [-0.1, -0.05) is 39.3 Å². The van der Waals surface area contributed by atoms with Crippen molar-refractivity contribution in [3.8, 4) is 11.4 Å². The van der Waals surface area contributed by atoms with Gasteiger partial charge in [0.2, 0.25) is 5.82 Å². The molecule has 0 aliphatic carbocycles. The zero-order valence-electron chi connectivity index (χ0n) is 14.2. The third kappa shape index (κ3) is 2.50. The van der Waals surface area contributed by atoms with E-state index in [9.17, 15) is 4.79 Å². The summed E-state index contributed by atoms with van der Waals surface area (Å²) in [6, 6.07) is 13.7. The molecule has 0 radical (unpaired) electrons. The second-order valence-electron chi connectivity index (χ2n) is 6.32. The van der Waals surface area contributed by atoms with Gasteiger partial charge in [-0.3, -0.25) is 4.79 Å². The summed E-state index contributed by atoms with van der Waals surface area (Å²) in [4.78, 5) is 20.5. The van der Waals surface area contributed by atoms with Crippen molar-refractivity contribution < 1.29 is 9.32 Å². The Bertz CT molecular complexity index is 1330. The lowest BCUT2D eigenvalue weighted by Crippen LogP contribution is -2.01. The first-order valence-electron chi connectivity index (χ1n) is 8.31. The smallest absolute Gasteiger partial charge is 0.299 e. The first-order valence-corrected chi connectivity index (χ1v) is 9.10. The fourth-order valence-corrected chi connectivity index (χ4v) is 3.70. The van der Waals surface area contributed by atoms with Crippen molar-refractivity contribution in [2.45, 2.75) is 0 Å². The van der Waals surface area contributed by atoms with Gasteiger partial charge in [-0.05, 0) is 24.3 Å². The Morgan fingerprint density at radius 3 is 2.93 bits per heavy atom. The van der Waals surface area contributed by atoms with Crippen LogP contribution in [0.25, 0.3) is 33.2 Å². The molecule has 0 bridgehead atoms. The molecule has 5 rings (SSSR count). The van der Waals surface area contributed by atoms with Crippen LogP contribution < -0.4 is 0 Å². The van der Waals surface area contributed by atoms with Crippen LogP contribution in [0.5, 0.6) is 0 Å². The first-order chi connectivity index (χ1) is 13.1. The number of nitrogens with zero attached hydrogens (tertiary/aromatic N) is 3. The van der Waals surface area contributed by atoms with Crippen molar-refractivity contribution in [1.82, 2.24) is 19.7 Å². The molecule has 3 aromatic heterocycles. The van der Waals surface area contributed by atoms with E-state index < -0.39 is 0 Å².